The molecule has 0 amide bonds. The highest BCUT2D eigenvalue weighted by atomic mass is 16.5. The molecule has 2 N–H and O–H groups in total. The van der Waals surface area contributed by atoms with Gasteiger partial charge in [0.25, 0.3) is 0 Å². The molecule has 1 aromatic heterocycles. The van der Waals surface area contributed by atoms with Crippen molar-refractivity contribution >= 4 is 5.95 Å². The van der Waals surface area contributed by atoms with E-state index >= 15 is 0 Å². The Hall–Kier alpha value is -2.61. The third-order valence-electron chi connectivity index (χ3n) is 2.94. The summed E-state index contributed by atoms with van der Waals surface area (Å²) in [6, 6.07) is 5.64. The summed E-state index contributed by atoms with van der Waals surface area (Å²) in [5, 5.41) is 23.5. The first kappa shape index (κ1) is 16.8. The first-order valence-corrected chi connectivity index (χ1v) is 7.38. The molecule has 0 aliphatic heterocycles. The van der Waals surface area contributed by atoms with Crippen LogP contribution in [-0.2, 0) is 13.1 Å². The standard InChI is InChI=1S/C15H21N5O3/c1-3-7-20-15(17-18-19-20)16-11-12-5-6-13(23-9-8-21)14(10-12)22-4-2/h3,5-6,10,21H,1,4,7-9,11H2,2H3,(H,16,17,19). The van der Waals surface area contributed by atoms with E-state index in [1.54, 1.807) is 10.8 Å². The Bertz CT molecular complexity index is 629. The van der Waals surface area contributed by atoms with Crippen LogP contribution in [0.1, 0.15) is 12.5 Å². The van der Waals surface area contributed by atoms with E-state index in [9.17, 15) is 0 Å². The van der Waals surface area contributed by atoms with Crippen molar-refractivity contribution in [1.82, 2.24) is 20.2 Å². The quantitative estimate of drug-likeness (QED) is 0.636. The Balaban J connectivity index is 2.05. The van der Waals surface area contributed by atoms with Gasteiger partial charge in [-0.05, 0) is 35.0 Å². The summed E-state index contributed by atoms with van der Waals surface area (Å²) in [6.07, 6.45) is 1.72. The van der Waals surface area contributed by atoms with Crippen LogP contribution in [0, 0.1) is 0 Å². The predicted octanol–water partition coefficient (Wildman–Crippen LogP) is 1.24. The molecule has 0 saturated carbocycles. The molecule has 0 radical (unpaired) electrons. The lowest BCUT2D eigenvalue weighted by Gasteiger charge is -2.13. The van der Waals surface area contributed by atoms with Crippen molar-refractivity contribution in [3.05, 3.63) is 36.4 Å². The van der Waals surface area contributed by atoms with Gasteiger partial charge in [0.05, 0.1) is 19.8 Å². The van der Waals surface area contributed by atoms with E-state index in [1.165, 1.54) is 0 Å². The maximum atomic E-state index is 8.86. The van der Waals surface area contributed by atoms with Gasteiger partial charge in [0.2, 0.25) is 5.95 Å². The molecule has 23 heavy (non-hydrogen) atoms. The average Bonchev–Trinajstić information content (AvgIpc) is 3.00. The zero-order valence-corrected chi connectivity index (χ0v) is 13.1. The van der Waals surface area contributed by atoms with Crippen LogP contribution in [0.5, 0.6) is 11.5 Å². The number of allylic oxidation sites excluding steroid dienone is 1. The fourth-order valence-corrected chi connectivity index (χ4v) is 1.96. The number of nitrogens with zero attached hydrogens (tertiary/aromatic N) is 4. The lowest BCUT2D eigenvalue weighted by atomic mass is 10.2. The molecule has 0 bridgehead atoms. The Morgan fingerprint density at radius 2 is 2.22 bits per heavy atom. The molecule has 0 fully saturated rings. The minimum atomic E-state index is -0.0408. The number of aliphatic hydroxyl groups excluding tert-OH is 1. The van der Waals surface area contributed by atoms with Gasteiger partial charge in [-0.25, -0.2) is 4.68 Å². The van der Waals surface area contributed by atoms with Crippen LogP contribution in [0.2, 0.25) is 0 Å². The number of hydrogen-bond donors (Lipinski definition) is 2. The molecule has 8 heteroatoms. The third-order valence-corrected chi connectivity index (χ3v) is 2.94. The summed E-state index contributed by atoms with van der Waals surface area (Å²) in [6.45, 7) is 7.37. The molecule has 0 aliphatic rings. The number of ether oxygens (including phenoxy) is 2. The Morgan fingerprint density at radius 1 is 1.35 bits per heavy atom. The first-order valence-electron chi connectivity index (χ1n) is 7.38. The van der Waals surface area contributed by atoms with Gasteiger partial charge < -0.3 is 19.9 Å². The normalized spacial score (nSPS) is 10.3. The van der Waals surface area contributed by atoms with Gasteiger partial charge in [-0.1, -0.05) is 17.2 Å². The highest BCUT2D eigenvalue weighted by Gasteiger charge is 2.08. The van der Waals surface area contributed by atoms with Crippen LogP contribution in [0.15, 0.2) is 30.9 Å². The molecule has 124 valence electrons. The molecule has 2 rings (SSSR count). The first-order chi connectivity index (χ1) is 11.3. The Labute approximate surface area is 134 Å². The van der Waals surface area contributed by atoms with Gasteiger partial charge in [-0.3, -0.25) is 0 Å². The second-order valence-electron chi connectivity index (χ2n) is 4.61. The SMILES string of the molecule is C=CCn1nnnc1NCc1ccc(OCCO)c(OCC)c1. The molecule has 2 aromatic rings. The number of tetrazole rings is 1. The van der Waals surface area contributed by atoms with Crippen molar-refractivity contribution in [2.24, 2.45) is 0 Å². The number of benzene rings is 1. The monoisotopic (exact) mass is 319 g/mol. The van der Waals surface area contributed by atoms with Crippen LogP contribution in [0.25, 0.3) is 0 Å². The number of aromatic nitrogens is 4. The highest BCUT2D eigenvalue weighted by Crippen LogP contribution is 2.28. The Kier molecular flexibility index (Phi) is 6.37. The van der Waals surface area contributed by atoms with Gasteiger partial charge in [0, 0.05) is 6.54 Å². The van der Waals surface area contributed by atoms with Crippen molar-refractivity contribution < 1.29 is 14.6 Å². The van der Waals surface area contributed by atoms with Crippen LogP contribution in [0.4, 0.5) is 5.95 Å². The number of aliphatic hydroxyl groups is 1. The number of anilines is 1. The van der Waals surface area contributed by atoms with Crippen molar-refractivity contribution in [3.8, 4) is 11.5 Å². The molecule has 8 nitrogen and oxygen atoms in total. The molecule has 1 heterocycles. The van der Waals surface area contributed by atoms with Crippen molar-refractivity contribution in [3.63, 3.8) is 0 Å². The molecule has 1 aromatic carbocycles. The largest absolute Gasteiger partial charge is 0.490 e. The van der Waals surface area contributed by atoms with E-state index in [1.807, 2.05) is 25.1 Å². The third kappa shape index (κ3) is 4.68. The lowest BCUT2D eigenvalue weighted by molar-refractivity contribution is 0.194. The molecular weight excluding hydrogens is 298 g/mol. The predicted molar refractivity (Wildman–Crippen MR) is 85.5 cm³/mol. The number of hydrogen-bond acceptors (Lipinski definition) is 7. The highest BCUT2D eigenvalue weighted by molar-refractivity contribution is 5.44. The summed E-state index contributed by atoms with van der Waals surface area (Å²) < 4.78 is 12.7. The molecule has 0 saturated heterocycles. The van der Waals surface area contributed by atoms with E-state index in [-0.39, 0.29) is 13.2 Å². The van der Waals surface area contributed by atoms with Crippen LogP contribution in [0.3, 0.4) is 0 Å². The van der Waals surface area contributed by atoms with Gasteiger partial charge in [-0.2, -0.15) is 0 Å². The van der Waals surface area contributed by atoms with Crippen LogP contribution >= 0.6 is 0 Å². The van der Waals surface area contributed by atoms with Crippen molar-refractivity contribution in [2.75, 3.05) is 25.1 Å². The molecule has 0 aliphatic carbocycles. The summed E-state index contributed by atoms with van der Waals surface area (Å²) in [4.78, 5) is 0. The number of nitrogens with one attached hydrogen (secondary N) is 1. The topological polar surface area (TPSA) is 94.3 Å². The zero-order chi connectivity index (χ0) is 16.5. The minimum Gasteiger partial charge on any atom is -0.490 e. The van der Waals surface area contributed by atoms with Crippen molar-refractivity contribution in [2.45, 2.75) is 20.0 Å². The van der Waals surface area contributed by atoms with Gasteiger partial charge in [0.1, 0.15) is 6.61 Å². The molecule has 0 spiro atoms. The van der Waals surface area contributed by atoms with E-state index in [0.717, 1.165) is 5.56 Å². The smallest absolute Gasteiger partial charge is 0.243 e. The van der Waals surface area contributed by atoms with Gasteiger partial charge >= 0.3 is 0 Å². The van der Waals surface area contributed by atoms with E-state index < -0.39 is 0 Å². The summed E-state index contributed by atoms with van der Waals surface area (Å²) in [5.74, 6) is 1.83. The van der Waals surface area contributed by atoms with Gasteiger partial charge in [0.15, 0.2) is 11.5 Å². The molecule has 0 unspecified atom stereocenters. The fraction of sp³-hybridized carbons (Fsp3) is 0.400. The molecule has 0 atom stereocenters. The molecular formula is C15H21N5O3. The Morgan fingerprint density at radius 3 is 2.96 bits per heavy atom. The lowest BCUT2D eigenvalue weighted by Crippen LogP contribution is -2.09. The maximum absolute atomic E-state index is 8.86. The fourth-order valence-electron chi connectivity index (χ4n) is 1.96. The number of rotatable bonds is 10. The minimum absolute atomic E-state index is 0.0408. The second kappa shape index (κ2) is 8.74. The van der Waals surface area contributed by atoms with E-state index in [2.05, 4.69) is 27.4 Å². The van der Waals surface area contributed by atoms with Crippen LogP contribution in [-0.4, -0.2) is 45.1 Å². The van der Waals surface area contributed by atoms with E-state index in [4.69, 9.17) is 14.6 Å². The summed E-state index contributed by atoms with van der Waals surface area (Å²) in [5.41, 5.74) is 0.998. The zero-order valence-electron chi connectivity index (χ0n) is 13.1. The summed E-state index contributed by atoms with van der Waals surface area (Å²) in [7, 11) is 0. The second-order valence-corrected chi connectivity index (χ2v) is 4.61. The maximum Gasteiger partial charge on any atom is 0.243 e. The summed E-state index contributed by atoms with van der Waals surface area (Å²) >= 11 is 0. The van der Waals surface area contributed by atoms with E-state index in [0.29, 0.717) is 37.1 Å². The van der Waals surface area contributed by atoms with Crippen LogP contribution < -0.4 is 14.8 Å². The average molecular weight is 319 g/mol. The van der Waals surface area contributed by atoms with Crippen molar-refractivity contribution in [1.29, 1.82) is 0 Å². The van der Waals surface area contributed by atoms with Gasteiger partial charge in [-0.15, -0.1) is 6.58 Å².